The summed E-state index contributed by atoms with van der Waals surface area (Å²) in [7, 11) is 0. The second-order valence-electron chi connectivity index (χ2n) is 11.8. The van der Waals surface area contributed by atoms with Crippen LogP contribution in [0.15, 0.2) is 200 Å². The van der Waals surface area contributed by atoms with Crippen LogP contribution >= 0.6 is 0 Å². The monoisotopic (exact) mass is 599 g/mol. The molecule has 8 rings (SSSR count). The van der Waals surface area contributed by atoms with Crippen LogP contribution in [0.3, 0.4) is 0 Å². The van der Waals surface area contributed by atoms with E-state index in [2.05, 4.69) is 205 Å². The summed E-state index contributed by atoms with van der Waals surface area (Å²) in [6.45, 7) is 0. The molecule has 222 valence electrons. The molecule has 0 spiro atoms. The van der Waals surface area contributed by atoms with Gasteiger partial charge in [-0.05, 0) is 74.5 Å². The van der Waals surface area contributed by atoms with Gasteiger partial charge in [0.1, 0.15) is 0 Å². The van der Waals surface area contributed by atoms with E-state index < -0.39 is 0 Å². The average molecular weight is 600 g/mol. The third-order valence-corrected chi connectivity index (χ3v) is 8.86. The fraction of sp³-hybridized carbons (Fsp3) is 0. The molecule has 8 aromatic carbocycles. The Balaban J connectivity index is 1.34. The molecule has 0 aliphatic carbocycles. The first kappa shape index (κ1) is 28.3. The highest BCUT2D eigenvalue weighted by Gasteiger charge is 2.21. The van der Waals surface area contributed by atoms with Crippen molar-refractivity contribution >= 4 is 27.8 Å². The van der Waals surface area contributed by atoms with Gasteiger partial charge in [-0.25, -0.2) is 0 Å². The van der Waals surface area contributed by atoms with Gasteiger partial charge in [0, 0.05) is 16.8 Å². The first-order valence-electron chi connectivity index (χ1n) is 16.1. The predicted octanol–water partition coefficient (Wildman–Crippen LogP) is 13.0. The van der Waals surface area contributed by atoms with Crippen molar-refractivity contribution in [2.45, 2.75) is 0 Å². The molecule has 0 amide bonds. The minimum atomic E-state index is 1.10. The highest BCUT2D eigenvalue weighted by atomic mass is 15.1. The summed E-state index contributed by atoms with van der Waals surface area (Å²) in [5.74, 6) is 0. The van der Waals surface area contributed by atoms with Gasteiger partial charge >= 0.3 is 0 Å². The van der Waals surface area contributed by atoms with Gasteiger partial charge in [0.05, 0.1) is 11.4 Å². The lowest BCUT2D eigenvalue weighted by Crippen LogP contribution is -2.12. The standard InChI is InChI=1S/C46H33N/c1-3-16-34(17-4-1)37-22-14-25-40(33-37)47(45-30-11-9-27-43(45)36-18-5-2-6-19-36)46-31-12-10-28-44(46)39-24-13-23-38(32-39)42-29-15-21-35-20-7-8-26-41(35)42/h1-33H. The van der Waals surface area contributed by atoms with Crippen LogP contribution in [0.1, 0.15) is 0 Å². The number of para-hydroxylation sites is 2. The van der Waals surface area contributed by atoms with E-state index in [-0.39, 0.29) is 0 Å². The SMILES string of the molecule is c1ccc(-c2cccc(N(c3ccccc3-c3ccccc3)c3ccccc3-c3cccc(-c4cccc5ccccc45)c3)c2)cc1. The molecular weight excluding hydrogens is 567 g/mol. The zero-order valence-corrected chi connectivity index (χ0v) is 26.0. The molecule has 0 aliphatic rings. The number of hydrogen-bond donors (Lipinski definition) is 0. The van der Waals surface area contributed by atoms with E-state index in [9.17, 15) is 0 Å². The summed E-state index contributed by atoms with van der Waals surface area (Å²) in [6, 6.07) is 71.9. The van der Waals surface area contributed by atoms with Crippen molar-refractivity contribution in [3.05, 3.63) is 200 Å². The Morgan fingerprint density at radius 2 is 0.745 bits per heavy atom. The third-order valence-electron chi connectivity index (χ3n) is 8.86. The number of benzene rings is 8. The largest absolute Gasteiger partial charge is 0.309 e. The summed E-state index contributed by atoms with van der Waals surface area (Å²) in [5, 5.41) is 2.51. The minimum absolute atomic E-state index is 1.10. The van der Waals surface area contributed by atoms with E-state index in [0.29, 0.717) is 0 Å². The molecule has 0 atom stereocenters. The van der Waals surface area contributed by atoms with Crippen LogP contribution in [-0.2, 0) is 0 Å². The van der Waals surface area contributed by atoms with Gasteiger partial charge in [-0.2, -0.15) is 0 Å². The van der Waals surface area contributed by atoms with Crippen molar-refractivity contribution in [2.24, 2.45) is 0 Å². The molecule has 0 aromatic heterocycles. The normalized spacial score (nSPS) is 11.0. The molecule has 0 saturated carbocycles. The van der Waals surface area contributed by atoms with Gasteiger partial charge in [-0.15, -0.1) is 0 Å². The summed E-state index contributed by atoms with van der Waals surface area (Å²) >= 11 is 0. The van der Waals surface area contributed by atoms with Gasteiger partial charge in [0.15, 0.2) is 0 Å². The van der Waals surface area contributed by atoms with Crippen molar-refractivity contribution in [1.29, 1.82) is 0 Å². The molecule has 1 heteroatoms. The van der Waals surface area contributed by atoms with E-state index in [0.717, 1.165) is 17.1 Å². The minimum Gasteiger partial charge on any atom is -0.309 e. The van der Waals surface area contributed by atoms with E-state index in [1.54, 1.807) is 0 Å². The molecule has 0 aliphatic heterocycles. The maximum Gasteiger partial charge on any atom is 0.0540 e. The second-order valence-corrected chi connectivity index (χ2v) is 11.8. The Morgan fingerprint density at radius 3 is 1.49 bits per heavy atom. The molecule has 0 N–H and O–H groups in total. The fourth-order valence-electron chi connectivity index (χ4n) is 6.64. The number of hydrogen-bond acceptors (Lipinski definition) is 1. The molecule has 8 aromatic rings. The zero-order chi connectivity index (χ0) is 31.4. The van der Waals surface area contributed by atoms with Crippen LogP contribution < -0.4 is 4.90 Å². The number of nitrogens with zero attached hydrogens (tertiary/aromatic N) is 1. The Hall–Kier alpha value is -6.18. The van der Waals surface area contributed by atoms with Gasteiger partial charge in [-0.1, -0.05) is 170 Å². The quantitative estimate of drug-likeness (QED) is 0.176. The first-order valence-corrected chi connectivity index (χ1v) is 16.1. The van der Waals surface area contributed by atoms with Crippen LogP contribution in [-0.4, -0.2) is 0 Å². The lowest BCUT2D eigenvalue weighted by atomic mass is 9.94. The Morgan fingerprint density at radius 1 is 0.277 bits per heavy atom. The lowest BCUT2D eigenvalue weighted by molar-refractivity contribution is 1.28. The smallest absolute Gasteiger partial charge is 0.0540 e. The number of rotatable bonds is 7. The van der Waals surface area contributed by atoms with Crippen molar-refractivity contribution in [3.63, 3.8) is 0 Å². The number of fused-ring (bicyclic) bond motifs is 1. The van der Waals surface area contributed by atoms with Crippen molar-refractivity contribution in [1.82, 2.24) is 0 Å². The summed E-state index contributed by atoms with van der Waals surface area (Å²) in [4.78, 5) is 2.43. The highest BCUT2D eigenvalue weighted by Crippen LogP contribution is 2.45. The van der Waals surface area contributed by atoms with Crippen LogP contribution in [0.2, 0.25) is 0 Å². The molecule has 0 fully saturated rings. The topological polar surface area (TPSA) is 3.24 Å². The Kier molecular flexibility index (Phi) is 7.63. The molecule has 47 heavy (non-hydrogen) atoms. The van der Waals surface area contributed by atoms with Crippen molar-refractivity contribution < 1.29 is 0 Å². The Labute approximate surface area is 276 Å². The average Bonchev–Trinajstić information content (AvgIpc) is 3.16. The van der Waals surface area contributed by atoms with Crippen LogP contribution in [0.25, 0.3) is 55.3 Å². The van der Waals surface area contributed by atoms with Crippen molar-refractivity contribution in [3.8, 4) is 44.5 Å². The molecular formula is C46H33N. The maximum absolute atomic E-state index is 2.43. The molecule has 0 saturated heterocycles. The lowest BCUT2D eigenvalue weighted by Gasteiger charge is -2.30. The summed E-state index contributed by atoms with van der Waals surface area (Å²) in [6.07, 6.45) is 0. The number of anilines is 3. The van der Waals surface area contributed by atoms with Gasteiger partial charge < -0.3 is 4.90 Å². The third kappa shape index (κ3) is 5.60. The van der Waals surface area contributed by atoms with Gasteiger partial charge in [0.25, 0.3) is 0 Å². The highest BCUT2D eigenvalue weighted by molar-refractivity contribution is 5.98. The zero-order valence-electron chi connectivity index (χ0n) is 26.0. The van der Waals surface area contributed by atoms with Gasteiger partial charge in [0.2, 0.25) is 0 Å². The van der Waals surface area contributed by atoms with Crippen LogP contribution in [0.4, 0.5) is 17.1 Å². The van der Waals surface area contributed by atoms with Crippen molar-refractivity contribution in [2.75, 3.05) is 4.90 Å². The molecule has 0 heterocycles. The van der Waals surface area contributed by atoms with E-state index >= 15 is 0 Å². The molecule has 1 nitrogen and oxygen atoms in total. The molecule has 0 radical (unpaired) electrons. The maximum atomic E-state index is 2.43. The second kappa shape index (κ2) is 12.7. The Bertz CT molecular complexity index is 2300. The fourth-order valence-corrected chi connectivity index (χ4v) is 6.64. The predicted molar refractivity (Wildman–Crippen MR) is 200 cm³/mol. The first-order chi connectivity index (χ1) is 23.3. The summed E-state index contributed by atoms with van der Waals surface area (Å²) < 4.78 is 0. The van der Waals surface area contributed by atoms with Crippen LogP contribution in [0.5, 0.6) is 0 Å². The van der Waals surface area contributed by atoms with E-state index in [1.807, 2.05) is 0 Å². The van der Waals surface area contributed by atoms with Gasteiger partial charge in [-0.3, -0.25) is 0 Å². The molecule has 0 unspecified atom stereocenters. The summed E-state index contributed by atoms with van der Waals surface area (Å²) in [5.41, 5.74) is 12.9. The molecule has 0 bridgehead atoms. The van der Waals surface area contributed by atoms with E-state index in [1.165, 1.54) is 55.3 Å². The van der Waals surface area contributed by atoms with Crippen LogP contribution in [0, 0.1) is 0 Å². The van der Waals surface area contributed by atoms with E-state index in [4.69, 9.17) is 0 Å².